The molecule has 0 radical (unpaired) electrons. The summed E-state index contributed by atoms with van der Waals surface area (Å²) >= 11 is 0. The minimum absolute atomic E-state index is 0.280. The highest BCUT2D eigenvalue weighted by Gasteiger charge is 2.12. The van der Waals surface area contributed by atoms with E-state index < -0.39 is 0 Å². The number of nitrogens with zero attached hydrogens (tertiary/aromatic N) is 1. The van der Waals surface area contributed by atoms with E-state index in [-0.39, 0.29) is 12.5 Å². The highest BCUT2D eigenvalue weighted by Crippen LogP contribution is 2.26. The quantitative estimate of drug-likeness (QED) is 0.825. The van der Waals surface area contributed by atoms with Gasteiger partial charge >= 0.3 is 0 Å². The normalized spacial score (nSPS) is 13.7. The molecule has 0 spiro atoms. The average Bonchev–Trinajstić information content (AvgIpc) is 2.35. The summed E-state index contributed by atoms with van der Waals surface area (Å²) in [5.74, 6) is -0.289. The van der Waals surface area contributed by atoms with Crippen molar-refractivity contribution in [1.29, 1.82) is 0 Å². The topological polar surface area (TPSA) is 58.4 Å². The molecule has 2 rings (SSSR count). The summed E-state index contributed by atoms with van der Waals surface area (Å²) in [6, 6.07) is 6.30. The first-order valence-electron chi connectivity index (χ1n) is 6.10. The Morgan fingerprint density at radius 2 is 2.35 bits per heavy atom. The van der Waals surface area contributed by atoms with Crippen molar-refractivity contribution in [1.82, 2.24) is 0 Å². The van der Waals surface area contributed by atoms with Crippen LogP contribution in [0.15, 0.2) is 18.2 Å². The van der Waals surface area contributed by atoms with Crippen LogP contribution in [-0.2, 0) is 11.2 Å². The van der Waals surface area contributed by atoms with Crippen molar-refractivity contribution < 1.29 is 4.79 Å². The van der Waals surface area contributed by atoms with Gasteiger partial charge in [-0.1, -0.05) is 0 Å². The average molecular weight is 233 g/mol. The van der Waals surface area contributed by atoms with Crippen LogP contribution in [0.4, 0.5) is 11.4 Å². The summed E-state index contributed by atoms with van der Waals surface area (Å²) in [6.07, 6.45) is 2.27. The van der Waals surface area contributed by atoms with E-state index in [1.807, 2.05) is 17.9 Å². The number of amides is 1. The fourth-order valence-corrected chi connectivity index (χ4v) is 2.23. The van der Waals surface area contributed by atoms with E-state index in [2.05, 4.69) is 17.4 Å². The SMILES string of the molecule is CCN(CC(N)=O)c1ccc2c(c1)CCCN2. The van der Waals surface area contributed by atoms with Gasteiger partial charge < -0.3 is 16.0 Å². The molecule has 17 heavy (non-hydrogen) atoms. The number of primary amides is 1. The van der Waals surface area contributed by atoms with Crippen LogP contribution in [0.25, 0.3) is 0 Å². The summed E-state index contributed by atoms with van der Waals surface area (Å²) in [4.78, 5) is 13.0. The van der Waals surface area contributed by atoms with Crippen LogP contribution < -0.4 is 16.0 Å². The van der Waals surface area contributed by atoms with Crippen LogP contribution in [0.5, 0.6) is 0 Å². The number of nitrogens with one attached hydrogen (secondary N) is 1. The largest absolute Gasteiger partial charge is 0.385 e. The standard InChI is InChI=1S/C13H19N3O/c1-2-16(9-13(14)17)11-5-6-12-10(8-11)4-3-7-15-12/h5-6,8,15H,2-4,7,9H2,1H3,(H2,14,17). The van der Waals surface area contributed by atoms with Crippen molar-refractivity contribution in [3.63, 3.8) is 0 Å². The maximum absolute atomic E-state index is 11.0. The second-order valence-electron chi connectivity index (χ2n) is 4.35. The van der Waals surface area contributed by atoms with Gasteiger partial charge in [-0.2, -0.15) is 0 Å². The number of anilines is 2. The van der Waals surface area contributed by atoms with Gasteiger partial charge in [-0.3, -0.25) is 4.79 Å². The number of carbonyl (C=O) groups excluding carboxylic acids is 1. The Bertz CT molecular complexity index is 417. The molecule has 0 unspecified atom stereocenters. The third-order valence-corrected chi connectivity index (χ3v) is 3.12. The Hall–Kier alpha value is -1.71. The molecular weight excluding hydrogens is 214 g/mol. The first-order valence-corrected chi connectivity index (χ1v) is 6.10. The van der Waals surface area contributed by atoms with Crippen LogP contribution in [0, 0.1) is 0 Å². The van der Waals surface area contributed by atoms with E-state index in [9.17, 15) is 4.79 Å². The summed E-state index contributed by atoms with van der Waals surface area (Å²) < 4.78 is 0. The summed E-state index contributed by atoms with van der Waals surface area (Å²) in [7, 11) is 0. The molecule has 1 aromatic rings. The van der Waals surface area contributed by atoms with Gasteiger partial charge in [0.2, 0.25) is 5.91 Å². The van der Waals surface area contributed by atoms with Crippen LogP contribution in [0.2, 0.25) is 0 Å². The lowest BCUT2D eigenvalue weighted by Gasteiger charge is -2.25. The molecule has 0 aliphatic carbocycles. The minimum Gasteiger partial charge on any atom is -0.385 e. The van der Waals surface area contributed by atoms with Gasteiger partial charge in [0.15, 0.2) is 0 Å². The molecule has 0 saturated carbocycles. The Kier molecular flexibility index (Phi) is 3.52. The minimum atomic E-state index is -0.289. The molecule has 0 bridgehead atoms. The Balaban J connectivity index is 2.22. The predicted octanol–water partition coefficient (Wildman–Crippen LogP) is 1.36. The smallest absolute Gasteiger partial charge is 0.236 e. The maximum atomic E-state index is 11.0. The van der Waals surface area contributed by atoms with Gasteiger partial charge in [-0.25, -0.2) is 0 Å². The number of hydrogen-bond acceptors (Lipinski definition) is 3. The molecule has 1 aliphatic heterocycles. The van der Waals surface area contributed by atoms with E-state index in [0.717, 1.165) is 25.2 Å². The highest BCUT2D eigenvalue weighted by atomic mass is 16.1. The fourth-order valence-electron chi connectivity index (χ4n) is 2.23. The molecule has 0 saturated heterocycles. The second kappa shape index (κ2) is 5.08. The predicted molar refractivity (Wildman–Crippen MR) is 70.3 cm³/mol. The van der Waals surface area contributed by atoms with E-state index in [0.29, 0.717) is 0 Å². The molecule has 1 amide bonds. The third kappa shape index (κ3) is 2.70. The number of aryl methyl sites for hydroxylation is 1. The lowest BCUT2D eigenvalue weighted by molar-refractivity contribution is -0.116. The van der Waals surface area contributed by atoms with Gasteiger partial charge in [0, 0.05) is 24.5 Å². The Labute approximate surface area is 102 Å². The van der Waals surface area contributed by atoms with E-state index in [4.69, 9.17) is 5.73 Å². The lowest BCUT2D eigenvalue weighted by atomic mass is 10.0. The monoisotopic (exact) mass is 233 g/mol. The number of nitrogens with two attached hydrogens (primary N) is 1. The fraction of sp³-hybridized carbons (Fsp3) is 0.462. The Morgan fingerprint density at radius 3 is 3.06 bits per heavy atom. The van der Waals surface area contributed by atoms with Crippen molar-refractivity contribution in [2.75, 3.05) is 29.9 Å². The molecule has 4 heteroatoms. The van der Waals surface area contributed by atoms with Gasteiger partial charge in [0.1, 0.15) is 0 Å². The number of likely N-dealkylation sites (N-methyl/N-ethyl adjacent to an activating group) is 1. The van der Waals surface area contributed by atoms with Crippen LogP contribution in [-0.4, -0.2) is 25.5 Å². The van der Waals surface area contributed by atoms with Crippen molar-refractivity contribution in [3.05, 3.63) is 23.8 Å². The number of rotatable bonds is 4. The summed E-state index contributed by atoms with van der Waals surface area (Å²) in [5.41, 5.74) is 8.88. The van der Waals surface area contributed by atoms with Crippen molar-refractivity contribution >= 4 is 17.3 Å². The van der Waals surface area contributed by atoms with Crippen molar-refractivity contribution in [2.45, 2.75) is 19.8 Å². The van der Waals surface area contributed by atoms with Crippen LogP contribution >= 0.6 is 0 Å². The van der Waals surface area contributed by atoms with Crippen LogP contribution in [0.3, 0.4) is 0 Å². The first kappa shape index (κ1) is 11.8. The molecule has 1 heterocycles. The zero-order valence-corrected chi connectivity index (χ0v) is 10.2. The van der Waals surface area contributed by atoms with Gasteiger partial charge in [0.25, 0.3) is 0 Å². The highest BCUT2D eigenvalue weighted by molar-refractivity contribution is 5.79. The van der Waals surface area contributed by atoms with Gasteiger partial charge in [-0.15, -0.1) is 0 Å². The second-order valence-corrected chi connectivity index (χ2v) is 4.35. The lowest BCUT2D eigenvalue weighted by Crippen LogP contribution is -2.33. The number of fused-ring (bicyclic) bond motifs is 1. The molecule has 4 nitrogen and oxygen atoms in total. The van der Waals surface area contributed by atoms with Crippen molar-refractivity contribution in [3.8, 4) is 0 Å². The van der Waals surface area contributed by atoms with Gasteiger partial charge in [-0.05, 0) is 43.5 Å². The third-order valence-electron chi connectivity index (χ3n) is 3.12. The number of carbonyl (C=O) groups is 1. The number of benzene rings is 1. The maximum Gasteiger partial charge on any atom is 0.236 e. The van der Waals surface area contributed by atoms with Crippen molar-refractivity contribution in [2.24, 2.45) is 5.73 Å². The van der Waals surface area contributed by atoms with E-state index >= 15 is 0 Å². The zero-order valence-electron chi connectivity index (χ0n) is 10.2. The molecule has 1 aromatic carbocycles. The van der Waals surface area contributed by atoms with E-state index in [1.165, 1.54) is 17.7 Å². The number of hydrogen-bond donors (Lipinski definition) is 2. The first-order chi connectivity index (χ1) is 8.20. The summed E-state index contributed by atoms with van der Waals surface area (Å²) in [6.45, 7) is 4.14. The Morgan fingerprint density at radius 1 is 1.53 bits per heavy atom. The van der Waals surface area contributed by atoms with E-state index in [1.54, 1.807) is 0 Å². The van der Waals surface area contributed by atoms with Crippen LogP contribution in [0.1, 0.15) is 18.9 Å². The molecule has 0 fully saturated rings. The molecule has 3 N–H and O–H groups in total. The van der Waals surface area contributed by atoms with Gasteiger partial charge in [0.05, 0.1) is 6.54 Å². The molecule has 0 aromatic heterocycles. The molecule has 1 aliphatic rings. The summed E-state index contributed by atoms with van der Waals surface area (Å²) in [5, 5.41) is 3.38. The zero-order chi connectivity index (χ0) is 12.3. The molecule has 92 valence electrons. The molecular formula is C13H19N3O. The molecule has 0 atom stereocenters.